The predicted molar refractivity (Wildman–Crippen MR) is 98.6 cm³/mol. The first-order valence-corrected chi connectivity index (χ1v) is 8.39. The summed E-state index contributed by atoms with van der Waals surface area (Å²) in [6.07, 6.45) is 0.449. The molecular weight excluding hydrogens is 363 g/mol. The molecule has 2 N–H and O–H groups in total. The van der Waals surface area contributed by atoms with Gasteiger partial charge in [-0.05, 0) is 55.0 Å². The summed E-state index contributed by atoms with van der Waals surface area (Å²) in [5.74, 6) is -0.147. The zero-order chi connectivity index (χ0) is 18.0. The summed E-state index contributed by atoms with van der Waals surface area (Å²) >= 11 is 11.7. The Labute approximate surface area is 155 Å². The number of halogens is 2. The van der Waals surface area contributed by atoms with E-state index in [1.165, 1.54) is 0 Å². The predicted octanol–water partition coefficient (Wildman–Crippen LogP) is 4.08. The molecule has 1 aliphatic rings. The van der Waals surface area contributed by atoms with Crippen molar-refractivity contribution in [2.75, 3.05) is 17.7 Å². The fourth-order valence-electron chi connectivity index (χ4n) is 2.31. The van der Waals surface area contributed by atoms with E-state index in [-0.39, 0.29) is 11.8 Å². The first-order valence-electron chi connectivity index (χ1n) is 7.63. The fourth-order valence-corrected chi connectivity index (χ4v) is 2.82. The van der Waals surface area contributed by atoms with Crippen molar-refractivity contribution in [3.8, 4) is 5.75 Å². The van der Waals surface area contributed by atoms with Crippen molar-refractivity contribution in [1.29, 1.82) is 0 Å². The summed E-state index contributed by atoms with van der Waals surface area (Å²) in [5, 5.41) is 5.53. The molecule has 0 spiro atoms. The van der Waals surface area contributed by atoms with Crippen molar-refractivity contribution in [3.05, 3.63) is 54.1 Å². The average Bonchev–Trinajstić information content (AvgIpc) is 3.25. The number of hydrogen-bond acceptors (Lipinski definition) is 3. The van der Waals surface area contributed by atoms with Gasteiger partial charge < -0.3 is 15.4 Å². The molecular formula is C18H16Cl2N2O3. The number of methoxy groups -OCH3 is 1. The number of benzene rings is 2. The SMILES string of the molecule is COc1ccc(NC(=O)c2ccc(NC(=O)[C@@H]3CC3(Cl)Cl)cc2)cc1. The van der Waals surface area contributed by atoms with Crippen LogP contribution in [0.2, 0.25) is 0 Å². The standard InChI is InChI=1S/C18H16Cl2N2O3/c1-25-14-8-6-13(7-9-14)21-16(23)11-2-4-12(5-3-11)22-17(24)15-10-18(15,19)20/h2-9,15H,10H2,1H3,(H,21,23)(H,22,24)/t15-/m0/s1. The third-order valence-electron chi connectivity index (χ3n) is 3.90. The van der Waals surface area contributed by atoms with Crippen LogP contribution in [0.15, 0.2) is 48.5 Å². The highest BCUT2D eigenvalue weighted by Crippen LogP contribution is 2.53. The van der Waals surface area contributed by atoms with Gasteiger partial charge in [0.25, 0.3) is 5.91 Å². The number of carbonyl (C=O) groups excluding carboxylic acids is 2. The third-order valence-corrected chi connectivity index (χ3v) is 4.74. The van der Waals surface area contributed by atoms with Crippen molar-refractivity contribution < 1.29 is 14.3 Å². The van der Waals surface area contributed by atoms with Crippen LogP contribution in [0.25, 0.3) is 0 Å². The molecule has 3 rings (SSSR count). The van der Waals surface area contributed by atoms with E-state index in [0.29, 0.717) is 29.1 Å². The van der Waals surface area contributed by atoms with Crippen molar-refractivity contribution in [2.24, 2.45) is 5.92 Å². The highest BCUT2D eigenvalue weighted by atomic mass is 35.5. The van der Waals surface area contributed by atoms with E-state index >= 15 is 0 Å². The molecule has 1 saturated carbocycles. The van der Waals surface area contributed by atoms with Gasteiger partial charge in [0.05, 0.1) is 13.0 Å². The smallest absolute Gasteiger partial charge is 0.255 e. The molecule has 25 heavy (non-hydrogen) atoms. The summed E-state index contributed by atoms with van der Waals surface area (Å²) in [5.41, 5.74) is 1.73. The zero-order valence-electron chi connectivity index (χ0n) is 13.4. The van der Waals surface area contributed by atoms with Crippen LogP contribution in [0.3, 0.4) is 0 Å². The van der Waals surface area contributed by atoms with E-state index in [1.54, 1.807) is 55.6 Å². The molecule has 2 aromatic carbocycles. The number of ether oxygens (including phenoxy) is 1. The van der Waals surface area contributed by atoms with Crippen molar-refractivity contribution in [3.63, 3.8) is 0 Å². The highest BCUT2D eigenvalue weighted by molar-refractivity contribution is 6.52. The molecule has 0 heterocycles. The minimum Gasteiger partial charge on any atom is -0.497 e. The van der Waals surface area contributed by atoms with Crippen LogP contribution in [-0.2, 0) is 4.79 Å². The van der Waals surface area contributed by atoms with Crippen LogP contribution in [0, 0.1) is 5.92 Å². The lowest BCUT2D eigenvalue weighted by atomic mass is 10.2. The van der Waals surface area contributed by atoms with Crippen molar-refractivity contribution >= 4 is 46.4 Å². The molecule has 1 fully saturated rings. The van der Waals surface area contributed by atoms with Crippen LogP contribution >= 0.6 is 23.2 Å². The summed E-state index contributed by atoms with van der Waals surface area (Å²) in [4.78, 5) is 24.2. The van der Waals surface area contributed by atoms with Crippen LogP contribution in [0.5, 0.6) is 5.75 Å². The molecule has 0 aromatic heterocycles. The quantitative estimate of drug-likeness (QED) is 0.770. The molecule has 2 aromatic rings. The number of rotatable bonds is 5. The van der Waals surface area contributed by atoms with Crippen LogP contribution in [0.1, 0.15) is 16.8 Å². The Morgan fingerprint density at radius 1 is 1.00 bits per heavy atom. The molecule has 2 amide bonds. The normalized spacial score (nSPS) is 17.5. The topological polar surface area (TPSA) is 67.4 Å². The second-order valence-electron chi connectivity index (χ2n) is 5.77. The maximum absolute atomic E-state index is 12.2. The second kappa shape index (κ2) is 6.94. The summed E-state index contributed by atoms with van der Waals surface area (Å²) in [6.45, 7) is 0. The van der Waals surface area contributed by atoms with Gasteiger partial charge in [-0.25, -0.2) is 0 Å². The lowest BCUT2D eigenvalue weighted by molar-refractivity contribution is -0.117. The Morgan fingerprint density at radius 3 is 2.04 bits per heavy atom. The Morgan fingerprint density at radius 2 is 1.52 bits per heavy atom. The number of carbonyl (C=O) groups is 2. The van der Waals surface area contributed by atoms with Gasteiger partial charge >= 0.3 is 0 Å². The monoisotopic (exact) mass is 378 g/mol. The largest absolute Gasteiger partial charge is 0.497 e. The molecule has 0 radical (unpaired) electrons. The van der Waals surface area contributed by atoms with Gasteiger partial charge in [0.2, 0.25) is 5.91 Å². The second-order valence-corrected chi connectivity index (χ2v) is 7.31. The van der Waals surface area contributed by atoms with E-state index < -0.39 is 10.3 Å². The molecule has 5 nitrogen and oxygen atoms in total. The van der Waals surface area contributed by atoms with Gasteiger partial charge in [-0.1, -0.05) is 0 Å². The van der Waals surface area contributed by atoms with Gasteiger partial charge in [0.15, 0.2) is 0 Å². The maximum atomic E-state index is 12.2. The molecule has 7 heteroatoms. The van der Waals surface area contributed by atoms with E-state index in [2.05, 4.69) is 10.6 Å². The number of amides is 2. The first kappa shape index (κ1) is 17.6. The maximum Gasteiger partial charge on any atom is 0.255 e. The number of alkyl halides is 2. The van der Waals surface area contributed by atoms with Crippen LogP contribution in [0.4, 0.5) is 11.4 Å². The lowest BCUT2D eigenvalue weighted by Gasteiger charge is -2.08. The Bertz CT molecular complexity index is 789. The molecule has 0 bridgehead atoms. The molecule has 1 atom stereocenters. The van der Waals surface area contributed by atoms with E-state index in [0.717, 1.165) is 0 Å². The molecule has 0 aliphatic heterocycles. The van der Waals surface area contributed by atoms with Crippen molar-refractivity contribution in [2.45, 2.75) is 10.8 Å². The molecule has 130 valence electrons. The van der Waals surface area contributed by atoms with Crippen LogP contribution in [-0.4, -0.2) is 23.3 Å². The third kappa shape index (κ3) is 4.24. The van der Waals surface area contributed by atoms with Gasteiger partial charge in [0.1, 0.15) is 10.1 Å². The Balaban J connectivity index is 1.59. The summed E-state index contributed by atoms with van der Waals surface area (Å²) in [7, 11) is 1.58. The minimum absolute atomic E-state index is 0.222. The fraction of sp³-hybridized carbons (Fsp3) is 0.222. The first-order chi connectivity index (χ1) is 11.9. The van der Waals surface area contributed by atoms with Crippen LogP contribution < -0.4 is 15.4 Å². The van der Waals surface area contributed by atoms with E-state index in [4.69, 9.17) is 27.9 Å². The number of nitrogens with one attached hydrogen (secondary N) is 2. The summed E-state index contributed by atoms with van der Waals surface area (Å²) in [6, 6.07) is 13.6. The number of anilines is 2. The number of hydrogen-bond donors (Lipinski definition) is 2. The Kier molecular flexibility index (Phi) is 4.88. The van der Waals surface area contributed by atoms with E-state index in [9.17, 15) is 9.59 Å². The Hall–Kier alpha value is -2.24. The average molecular weight is 379 g/mol. The molecule has 1 aliphatic carbocycles. The highest BCUT2D eigenvalue weighted by Gasteiger charge is 2.56. The minimum atomic E-state index is -0.956. The van der Waals surface area contributed by atoms with Gasteiger partial charge in [-0.2, -0.15) is 0 Å². The zero-order valence-corrected chi connectivity index (χ0v) is 14.9. The molecule has 0 unspecified atom stereocenters. The van der Waals surface area contributed by atoms with Gasteiger partial charge in [-0.15, -0.1) is 23.2 Å². The van der Waals surface area contributed by atoms with E-state index in [1.807, 2.05) is 0 Å². The lowest BCUT2D eigenvalue weighted by Crippen LogP contribution is -2.17. The summed E-state index contributed by atoms with van der Waals surface area (Å²) < 4.78 is 4.12. The molecule has 0 saturated heterocycles. The van der Waals surface area contributed by atoms with Gasteiger partial charge in [-0.3, -0.25) is 9.59 Å². The van der Waals surface area contributed by atoms with Crippen molar-refractivity contribution in [1.82, 2.24) is 0 Å². The van der Waals surface area contributed by atoms with Gasteiger partial charge in [0, 0.05) is 16.9 Å².